The molecule has 0 N–H and O–H groups in total. The number of benzene rings is 1. The van der Waals surface area contributed by atoms with Gasteiger partial charge in [0, 0.05) is 18.2 Å². The van der Waals surface area contributed by atoms with Crippen LogP contribution in [0.1, 0.15) is 11.1 Å². The van der Waals surface area contributed by atoms with Gasteiger partial charge in [0.25, 0.3) is 12.0 Å². The lowest BCUT2D eigenvalue weighted by Gasteiger charge is -2.16. The Bertz CT molecular complexity index is 741. The molecule has 0 atom stereocenters. The molecular weight excluding hydrogens is 304 g/mol. The van der Waals surface area contributed by atoms with Crippen molar-refractivity contribution in [1.82, 2.24) is 4.57 Å². The van der Waals surface area contributed by atoms with Crippen molar-refractivity contribution in [2.45, 2.75) is 26.8 Å². The third-order valence-electron chi connectivity index (χ3n) is 3.50. The average Bonchev–Trinajstić information content (AvgIpc) is 2.50. The molecule has 0 saturated heterocycles. The number of ether oxygens (including phenoxy) is 2. The van der Waals surface area contributed by atoms with Crippen LogP contribution in [0.3, 0.4) is 0 Å². The summed E-state index contributed by atoms with van der Waals surface area (Å²) < 4.78 is 37.0. The van der Waals surface area contributed by atoms with E-state index in [1.165, 1.54) is 7.11 Å². The SMILES string of the molecule is COCOc1ccc(-c2ccc(C)c(=O)n2CC(F)F)c(C)c1. The first kappa shape index (κ1) is 17.1. The van der Waals surface area contributed by atoms with Crippen LogP contribution in [0.25, 0.3) is 11.3 Å². The normalized spacial score (nSPS) is 11.0. The molecule has 1 heterocycles. The quantitative estimate of drug-likeness (QED) is 0.765. The summed E-state index contributed by atoms with van der Waals surface area (Å²) in [5.41, 5.74) is 2.04. The molecule has 0 amide bonds. The molecule has 0 aliphatic heterocycles. The Hall–Kier alpha value is -2.21. The molecule has 0 fully saturated rings. The number of hydrogen-bond acceptors (Lipinski definition) is 3. The van der Waals surface area contributed by atoms with Crippen LogP contribution >= 0.6 is 0 Å². The van der Waals surface area contributed by atoms with Crippen LogP contribution in [0.4, 0.5) is 8.78 Å². The van der Waals surface area contributed by atoms with Crippen molar-refractivity contribution < 1.29 is 18.3 Å². The van der Waals surface area contributed by atoms with E-state index < -0.39 is 18.5 Å². The van der Waals surface area contributed by atoms with Gasteiger partial charge in [-0.1, -0.05) is 6.07 Å². The zero-order valence-electron chi connectivity index (χ0n) is 13.3. The first-order chi connectivity index (χ1) is 10.9. The van der Waals surface area contributed by atoms with E-state index in [4.69, 9.17) is 9.47 Å². The van der Waals surface area contributed by atoms with Gasteiger partial charge in [0.1, 0.15) is 5.75 Å². The Morgan fingerprint density at radius 3 is 2.48 bits per heavy atom. The zero-order chi connectivity index (χ0) is 17.0. The molecule has 124 valence electrons. The Labute approximate surface area is 133 Å². The van der Waals surface area contributed by atoms with E-state index in [0.29, 0.717) is 22.6 Å². The van der Waals surface area contributed by atoms with Crippen molar-refractivity contribution in [3.05, 3.63) is 51.8 Å². The fourth-order valence-corrected chi connectivity index (χ4v) is 2.38. The maximum absolute atomic E-state index is 12.8. The van der Waals surface area contributed by atoms with Crippen LogP contribution in [0.5, 0.6) is 5.75 Å². The smallest absolute Gasteiger partial charge is 0.256 e. The van der Waals surface area contributed by atoms with Gasteiger partial charge in [0.2, 0.25) is 0 Å². The van der Waals surface area contributed by atoms with Gasteiger partial charge in [-0.3, -0.25) is 4.79 Å². The van der Waals surface area contributed by atoms with Gasteiger partial charge >= 0.3 is 0 Å². The van der Waals surface area contributed by atoms with Gasteiger partial charge in [0.15, 0.2) is 6.79 Å². The third kappa shape index (κ3) is 3.96. The number of aryl methyl sites for hydroxylation is 2. The third-order valence-corrected chi connectivity index (χ3v) is 3.50. The largest absolute Gasteiger partial charge is 0.468 e. The second-order valence-corrected chi connectivity index (χ2v) is 5.24. The molecule has 1 aromatic heterocycles. The molecule has 0 spiro atoms. The summed E-state index contributed by atoms with van der Waals surface area (Å²) in [6.45, 7) is 2.95. The fraction of sp³-hybridized carbons (Fsp3) is 0.353. The summed E-state index contributed by atoms with van der Waals surface area (Å²) in [7, 11) is 1.52. The standard InChI is InChI=1S/C17H19F2NO3/c1-11-4-7-15(20(17(11)21)9-16(18)19)14-6-5-13(8-12(14)2)23-10-22-3/h4-8,16H,9-10H2,1-3H3. The molecule has 0 aliphatic carbocycles. The molecule has 1 aromatic carbocycles. The number of hydrogen-bond donors (Lipinski definition) is 0. The topological polar surface area (TPSA) is 40.5 Å². The van der Waals surface area contributed by atoms with E-state index in [-0.39, 0.29) is 6.79 Å². The van der Waals surface area contributed by atoms with Crippen molar-refractivity contribution >= 4 is 0 Å². The van der Waals surface area contributed by atoms with Crippen LogP contribution in [0.2, 0.25) is 0 Å². The number of methoxy groups -OCH3 is 1. The van der Waals surface area contributed by atoms with Crippen molar-refractivity contribution in [2.24, 2.45) is 0 Å². The Kier molecular flexibility index (Phi) is 5.50. The van der Waals surface area contributed by atoms with Gasteiger partial charge in [0.05, 0.1) is 12.2 Å². The Morgan fingerprint density at radius 1 is 1.13 bits per heavy atom. The van der Waals surface area contributed by atoms with Crippen molar-refractivity contribution in [2.75, 3.05) is 13.9 Å². The predicted octanol–water partition coefficient (Wildman–Crippen LogP) is 3.38. The van der Waals surface area contributed by atoms with E-state index in [2.05, 4.69) is 0 Å². The first-order valence-corrected chi connectivity index (χ1v) is 7.15. The summed E-state index contributed by atoms with van der Waals surface area (Å²) in [5, 5.41) is 0. The molecule has 0 bridgehead atoms. The van der Waals surface area contributed by atoms with E-state index in [0.717, 1.165) is 10.1 Å². The minimum atomic E-state index is -2.60. The van der Waals surface area contributed by atoms with Gasteiger partial charge in [-0.25, -0.2) is 8.78 Å². The molecule has 0 saturated carbocycles. The highest BCUT2D eigenvalue weighted by atomic mass is 19.3. The summed E-state index contributed by atoms with van der Waals surface area (Å²) in [4.78, 5) is 12.2. The van der Waals surface area contributed by atoms with Gasteiger partial charge in [-0.05, 0) is 43.7 Å². The van der Waals surface area contributed by atoms with Crippen LogP contribution in [-0.2, 0) is 11.3 Å². The summed E-state index contributed by atoms with van der Waals surface area (Å²) in [5.74, 6) is 0.614. The van der Waals surface area contributed by atoms with Crippen LogP contribution in [0, 0.1) is 13.8 Å². The first-order valence-electron chi connectivity index (χ1n) is 7.15. The highest BCUT2D eigenvalue weighted by Gasteiger charge is 2.14. The van der Waals surface area contributed by atoms with Crippen molar-refractivity contribution in [1.29, 1.82) is 0 Å². The van der Waals surface area contributed by atoms with Crippen molar-refractivity contribution in [3.8, 4) is 17.0 Å². The number of rotatable bonds is 6. The molecule has 2 aromatic rings. The van der Waals surface area contributed by atoms with Crippen LogP contribution in [0.15, 0.2) is 35.1 Å². The predicted molar refractivity (Wildman–Crippen MR) is 84.1 cm³/mol. The maximum Gasteiger partial charge on any atom is 0.256 e. The second-order valence-electron chi connectivity index (χ2n) is 5.24. The Morgan fingerprint density at radius 2 is 1.87 bits per heavy atom. The lowest BCUT2D eigenvalue weighted by Crippen LogP contribution is -2.26. The summed E-state index contributed by atoms with van der Waals surface area (Å²) in [6, 6.07) is 8.60. The number of nitrogens with zero attached hydrogens (tertiary/aromatic N) is 1. The highest BCUT2D eigenvalue weighted by Crippen LogP contribution is 2.27. The minimum absolute atomic E-state index is 0.124. The molecule has 0 radical (unpaired) electrons. The van der Waals surface area contributed by atoms with Gasteiger partial charge in [-0.15, -0.1) is 0 Å². The Balaban J connectivity index is 2.49. The number of aromatic nitrogens is 1. The monoisotopic (exact) mass is 323 g/mol. The lowest BCUT2D eigenvalue weighted by molar-refractivity contribution is 0.0511. The van der Waals surface area contributed by atoms with Crippen LogP contribution < -0.4 is 10.3 Å². The number of halogens is 2. The molecule has 6 heteroatoms. The maximum atomic E-state index is 12.8. The molecule has 0 unspecified atom stereocenters. The van der Waals surface area contributed by atoms with E-state index in [1.807, 2.05) is 6.92 Å². The summed E-state index contributed by atoms with van der Waals surface area (Å²) in [6.07, 6.45) is -2.60. The minimum Gasteiger partial charge on any atom is -0.468 e. The number of pyridine rings is 1. The van der Waals surface area contributed by atoms with Crippen molar-refractivity contribution in [3.63, 3.8) is 0 Å². The molecule has 0 aliphatic rings. The molecule has 23 heavy (non-hydrogen) atoms. The fourth-order valence-electron chi connectivity index (χ4n) is 2.38. The van der Waals surface area contributed by atoms with E-state index in [1.54, 1.807) is 37.3 Å². The summed E-state index contributed by atoms with van der Waals surface area (Å²) >= 11 is 0. The number of alkyl halides is 2. The highest BCUT2D eigenvalue weighted by molar-refractivity contribution is 5.65. The van der Waals surface area contributed by atoms with E-state index >= 15 is 0 Å². The molecule has 2 rings (SSSR count). The second kappa shape index (κ2) is 7.37. The zero-order valence-corrected chi connectivity index (χ0v) is 13.3. The molecule has 4 nitrogen and oxygen atoms in total. The van der Waals surface area contributed by atoms with Gasteiger partial charge in [-0.2, -0.15) is 0 Å². The van der Waals surface area contributed by atoms with E-state index in [9.17, 15) is 13.6 Å². The van der Waals surface area contributed by atoms with Gasteiger partial charge < -0.3 is 14.0 Å². The lowest BCUT2D eigenvalue weighted by atomic mass is 10.0. The average molecular weight is 323 g/mol. The molecular formula is C17H19F2NO3. The van der Waals surface area contributed by atoms with Crippen LogP contribution in [-0.4, -0.2) is 24.9 Å².